The van der Waals surface area contributed by atoms with E-state index in [1.165, 1.54) is 10.7 Å². The molecule has 110 valence electrons. The van der Waals surface area contributed by atoms with Crippen LogP contribution in [-0.4, -0.2) is 35.2 Å². The van der Waals surface area contributed by atoms with E-state index in [2.05, 4.69) is 9.82 Å². The molecule has 0 radical (unpaired) electrons. The molecule has 1 aromatic heterocycles. The summed E-state index contributed by atoms with van der Waals surface area (Å²) in [6.45, 7) is 0. The standard InChI is InChI=1S/C12H11N3O5S/c1-15-10(5-9(13-15)12(16)17)7-2-3-11-8(4-7)14-21(18,19)6-20-11/h2-5,14H,6H2,1H3,(H,16,17). The third-order valence-corrected chi connectivity index (χ3v) is 3.97. The Labute approximate surface area is 120 Å². The zero-order chi connectivity index (χ0) is 15.2. The normalized spacial score (nSPS) is 15.7. The van der Waals surface area contributed by atoms with E-state index in [0.29, 0.717) is 22.7 Å². The highest BCUT2D eigenvalue weighted by molar-refractivity contribution is 7.92. The Morgan fingerprint density at radius 2 is 2.19 bits per heavy atom. The first-order valence-corrected chi connectivity index (χ1v) is 7.56. The summed E-state index contributed by atoms with van der Waals surface area (Å²) < 4.78 is 31.9. The van der Waals surface area contributed by atoms with Gasteiger partial charge in [0.25, 0.3) is 10.0 Å². The monoisotopic (exact) mass is 309 g/mol. The number of carboxylic acid groups (broad SMARTS) is 1. The maximum Gasteiger partial charge on any atom is 0.356 e. The lowest BCUT2D eigenvalue weighted by molar-refractivity contribution is 0.0689. The lowest BCUT2D eigenvalue weighted by atomic mass is 10.1. The predicted octanol–water partition coefficient (Wildman–Crippen LogP) is 0.877. The quantitative estimate of drug-likeness (QED) is 0.852. The fourth-order valence-electron chi connectivity index (χ4n) is 2.07. The number of rotatable bonds is 2. The number of hydrogen-bond acceptors (Lipinski definition) is 5. The van der Waals surface area contributed by atoms with Gasteiger partial charge in [0.05, 0.1) is 11.4 Å². The van der Waals surface area contributed by atoms with E-state index in [0.717, 1.165) is 0 Å². The molecule has 0 bridgehead atoms. The minimum Gasteiger partial charge on any atom is -0.476 e. The zero-order valence-corrected chi connectivity index (χ0v) is 11.7. The predicted molar refractivity (Wildman–Crippen MR) is 73.6 cm³/mol. The maximum absolute atomic E-state index is 11.5. The first-order chi connectivity index (χ1) is 9.85. The first-order valence-electron chi connectivity index (χ1n) is 5.91. The molecule has 2 N–H and O–H groups in total. The molecule has 0 aliphatic carbocycles. The van der Waals surface area contributed by atoms with Gasteiger partial charge < -0.3 is 9.84 Å². The van der Waals surface area contributed by atoms with Gasteiger partial charge in [-0.25, -0.2) is 13.2 Å². The smallest absolute Gasteiger partial charge is 0.356 e. The van der Waals surface area contributed by atoms with Crippen molar-refractivity contribution in [1.29, 1.82) is 0 Å². The van der Waals surface area contributed by atoms with Gasteiger partial charge in [-0.05, 0) is 24.3 Å². The van der Waals surface area contributed by atoms with Crippen molar-refractivity contribution in [3.63, 3.8) is 0 Å². The maximum atomic E-state index is 11.5. The van der Waals surface area contributed by atoms with Crippen molar-refractivity contribution in [2.24, 2.45) is 7.05 Å². The van der Waals surface area contributed by atoms with Gasteiger partial charge in [-0.15, -0.1) is 0 Å². The minimum absolute atomic E-state index is 0.0814. The van der Waals surface area contributed by atoms with Crippen molar-refractivity contribution in [3.05, 3.63) is 30.0 Å². The van der Waals surface area contributed by atoms with E-state index in [1.807, 2.05) is 0 Å². The third-order valence-electron chi connectivity index (χ3n) is 3.01. The van der Waals surface area contributed by atoms with Crippen LogP contribution in [0.25, 0.3) is 11.3 Å². The fraction of sp³-hybridized carbons (Fsp3) is 0.167. The molecule has 8 nitrogen and oxygen atoms in total. The van der Waals surface area contributed by atoms with Gasteiger partial charge in [0.15, 0.2) is 5.69 Å². The highest BCUT2D eigenvalue weighted by Gasteiger charge is 2.22. The number of fused-ring (bicyclic) bond motifs is 1. The number of hydrogen-bond donors (Lipinski definition) is 2. The lowest BCUT2D eigenvalue weighted by Gasteiger charge is -2.19. The van der Waals surface area contributed by atoms with Gasteiger partial charge in [0.1, 0.15) is 5.75 Å². The molecule has 0 unspecified atom stereocenters. The molecule has 0 atom stereocenters. The van der Waals surface area contributed by atoms with Crippen LogP contribution in [0.1, 0.15) is 10.5 Å². The topological polar surface area (TPSA) is 111 Å². The van der Waals surface area contributed by atoms with Crippen molar-refractivity contribution in [3.8, 4) is 17.0 Å². The summed E-state index contributed by atoms with van der Waals surface area (Å²) in [6.07, 6.45) is 0. The Morgan fingerprint density at radius 1 is 1.43 bits per heavy atom. The van der Waals surface area contributed by atoms with E-state index in [1.54, 1.807) is 25.2 Å². The number of nitrogens with zero attached hydrogens (tertiary/aromatic N) is 2. The van der Waals surface area contributed by atoms with Crippen molar-refractivity contribution < 1.29 is 23.1 Å². The van der Waals surface area contributed by atoms with Gasteiger partial charge in [-0.3, -0.25) is 9.40 Å². The number of carboxylic acids is 1. The number of anilines is 1. The van der Waals surface area contributed by atoms with Crippen LogP contribution >= 0.6 is 0 Å². The molecular formula is C12H11N3O5S. The van der Waals surface area contributed by atoms with Crippen LogP contribution in [0.2, 0.25) is 0 Å². The highest BCUT2D eigenvalue weighted by atomic mass is 32.2. The van der Waals surface area contributed by atoms with E-state index >= 15 is 0 Å². The van der Waals surface area contributed by atoms with Crippen LogP contribution in [0.5, 0.6) is 5.75 Å². The van der Waals surface area contributed by atoms with Crippen molar-refractivity contribution in [1.82, 2.24) is 9.78 Å². The molecular weight excluding hydrogens is 298 g/mol. The van der Waals surface area contributed by atoms with Crippen LogP contribution in [0, 0.1) is 0 Å². The minimum atomic E-state index is -3.50. The molecule has 0 saturated heterocycles. The molecule has 1 aliphatic heterocycles. The van der Waals surface area contributed by atoms with Crippen molar-refractivity contribution in [2.75, 3.05) is 10.7 Å². The Balaban J connectivity index is 2.07. The van der Waals surface area contributed by atoms with Crippen molar-refractivity contribution >= 4 is 21.7 Å². The number of aryl methyl sites for hydroxylation is 1. The number of ether oxygens (including phenoxy) is 1. The van der Waals surface area contributed by atoms with Crippen LogP contribution in [0.3, 0.4) is 0 Å². The second kappa shape index (κ2) is 4.48. The SMILES string of the molecule is Cn1nc(C(=O)O)cc1-c1ccc2c(c1)NS(=O)(=O)CO2. The number of aromatic nitrogens is 2. The van der Waals surface area contributed by atoms with Crippen LogP contribution in [0.4, 0.5) is 5.69 Å². The number of sulfonamides is 1. The summed E-state index contributed by atoms with van der Waals surface area (Å²) in [5.41, 5.74) is 1.42. The summed E-state index contributed by atoms with van der Waals surface area (Å²) in [7, 11) is -1.89. The van der Waals surface area contributed by atoms with Crippen LogP contribution in [0.15, 0.2) is 24.3 Å². The molecule has 0 fully saturated rings. The third kappa shape index (κ3) is 2.42. The van der Waals surface area contributed by atoms with Gasteiger partial charge in [-0.2, -0.15) is 5.10 Å². The number of nitrogens with one attached hydrogen (secondary N) is 1. The summed E-state index contributed by atoms with van der Waals surface area (Å²) >= 11 is 0. The van der Waals surface area contributed by atoms with Gasteiger partial charge in [-0.1, -0.05) is 0 Å². The lowest BCUT2D eigenvalue weighted by Crippen LogP contribution is -2.25. The summed E-state index contributed by atoms with van der Waals surface area (Å²) in [6, 6.07) is 6.33. The van der Waals surface area contributed by atoms with E-state index in [4.69, 9.17) is 9.84 Å². The molecule has 3 rings (SSSR count). The largest absolute Gasteiger partial charge is 0.476 e. The second-order valence-corrected chi connectivity index (χ2v) is 6.20. The Bertz CT molecular complexity index is 841. The summed E-state index contributed by atoms with van der Waals surface area (Å²) in [5, 5.41) is 12.8. The van der Waals surface area contributed by atoms with Gasteiger partial charge in [0, 0.05) is 12.6 Å². The van der Waals surface area contributed by atoms with Crippen molar-refractivity contribution in [2.45, 2.75) is 0 Å². The molecule has 0 spiro atoms. The molecule has 0 amide bonds. The highest BCUT2D eigenvalue weighted by Crippen LogP contribution is 2.34. The van der Waals surface area contributed by atoms with E-state index < -0.39 is 21.9 Å². The van der Waals surface area contributed by atoms with Crippen LogP contribution < -0.4 is 9.46 Å². The Hall–Kier alpha value is -2.55. The zero-order valence-electron chi connectivity index (χ0n) is 10.9. The number of aromatic carboxylic acids is 1. The molecule has 0 saturated carbocycles. The Morgan fingerprint density at radius 3 is 2.86 bits per heavy atom. The average Bonchev–Trinajstić information content (AvgIpc) is 2.79. The molecule has 21 heavy (non-hydrogen) atoms. The number of benzene rings is 1. The van der Waals surface area contributed by atoms with Gasteiger partial charge in [0.2, 0.25) is 5.94 Å². The van der Waals surface area contributed by atoms with E-state index in [9.17, 15) is 13.2 Å². The molecule has 1 aromatic carbocycles. The number of carbonyl (C=O) groups is 1. The molecule has 2 aromatic rings. The van der Waals surface area contributed by atoms with Crippen LogP contribution in [-0.2, 0) is 17.1 Å². The van der Waals surface area contributed by atoms with Gasteiger partial charge >= 0.3 is 5.97 Å². The molecule has 2 heterocycles. The Kier molecular flexibility index (Phi) is 2.87. The fourth-order valence-corrected chi connectivity index (χ4v) is 2.91. The average molecular weight is 309 g/mol. The molecule has 9 heteroatoms. The summed E-state index contributed by atoms with van der Waals surface area (Å²) in [5.74, 6) is -1.12. The molecule has 1 aliphatic rings. The first kappa shape index (κ1) is 13.4. The van der Waals surface area contributed by atoms with E-state index in [-0.39, 0.29) is 5.69 Å². The second-order valence-electron chi connectivity index (χ2n) is 4.53. The summed E-state index contributed by atoms with van der Waals surface area (Å²) in [4.78, 5) is 10.9.